The highest BCUT2D eigenvalue weighted by Crippen LogP contribution is 2.43. The maximum atomic E-state index is 5.86. The highest BCUT2D eigenvalue weighted by molar-refractivity contribution is 5.53. The minimum Gasteiger partial charge on any atom is -0.476 e. The van der Waals surface area contributed by atoms with Crippen molar-refractivity contribution in [3.63, 3.8) is 0 Å². The molecule has 1 aliphatic rings. The Morgan fingerprint density at radius 3 is 2.74 bits per heavy atom. The van der Waals surface area contributed by atoms with E-state index >= 15 is 0 Å². The molecule has 4 nitrogen and oxygen atoms in total. The van der Waals surface area contributed by atoms with E-state index in [9.17, 15) is 0 Å². The van der Waals surface area contributed by atoms with E-state index in [0.29, 0.717) is 23.6 Å². The van der Waals surface area contributed by atoms with Crippen LogP contribution in [0.4, 0.5) is 11.5 Å². The molecule has 19 heavy (non-hydrogen) atoms. The van der Waals surface area contributed by atoms with E-state index in [1.807, 2.05) is 12.1 Å². The zero-order valence-corrected chi connectivity index (χ0v) is 12.0. The van der Waals surface area contributed by atoms with Crippen molar-refractivity contribution in [2.45, 2.75) is 46.0 Å². The van der Waals surface area contributed by atoms with Gasteiger partial charge in [-0.2, -0.15) is 4.98 Å². The number of rotatable bonds is 7. The summed E-state index contributed by atoms with van der Waals surface area (Å²) in [6.07, 6.45) is 6.19. The second-order valence-corrected chi connectivity index (χ2v) is 5.50. The molecule has 2 rings (SSSR count). The van der Waals surface area contributed by atoms with Gasteiger partial charge in [0.1, 0.15) is 5.82 Å². The van der Waals surface area contributed by atoms with Crippen molar-refractivity contribution in [3.8, 4) is 5.88 Å². The lowest BCUT2D eigenvalue weighted by Gasteiger charge is -2.41. The number of ether oxygens (including phenoxy) is 1. The van der Waals surface area contributed by atoms with Gasteiger partial charge in [-0.3, -0.25) is 0 Å². The molecule has 1 fully saturated rings. The van der Waals surface area contributed by atoms with E-state index in [0.717, 1.165) is 18.8 Å². The number of nitrogens with two attached hydrogens (primary N) is 1. The molecule has 1 aromatic heterocycles. The quantitative estimate of drug-likeness (QED) is 0.791. The summed E-state index contributed by atoms with van der Waals surface area (Å²) in [6, 6.07) is 3.79. The Hall–Kier alpha value is -1.45. The SMILES string of the molecule is CCCOc1nc(NCC2(CC)CCC2)ccc1N. The van der Waals surface area contributed by atoms with Crippen molar-refractivity contribution in [2.24, 2.45) is 5.41 Å². The van der Waals surface area contributed by atoms with E-state index in [-0.39, 0.29) is 0 Å². The topological polar surface area (TPSA) is 60.2 Å². The molecule has 1 saturated carbocycles. The number of hydrogen-bond donors (Lipinski definition) is 2. The summed E-state index contributed by atoms with van der Waals surface area (Å²) in [5.74, 6) is 1.41. The third-order valence-electron chi connectivity index (χ3n) is 4.14. The first-order valence-corrected chi connectivity index (χ1v) is 7.32. The van der Waals surface area contributed by atoms with E-state index < -0.39 is 0 Å². The molecule has 0 radical (unpaired) electrons. The van der Waals surface area contributed by atoms with E-state index in [4.69, 9.17) is 10.5 Å². The first-order valence-electron chi connectivity index (χ1n) is 7.32. The largest absolute Gasteiger partial charge is 0.476 e. The summed E-state index contributed by atoms with van der Waals surface area (Å²) in [5.41, 5.74) is 6.94. The molecule has 0 atom stereocenters. The Bertz CT molecular complexity index is 410. The Balaban J connectivity index is 1.96. The van der Waals surface area contributed by atoms with Crippen LogP contribution >= 0.6 is 0 Å². The van der Waals surface area contributed by atoms with Gasteiger partial charge in [-0.25, -0.2) is 0 Å². The van der Waals surface area contributed by atoms with Gasteiger partial charge in [0.25, 0.3) is 0 Å². The highest BCUT2D eigenvalue weighted by Gasteiger charge is 2.34. The fraction of sp³-hybridized carbons (Fsp3) is 0.667. The van der Waals surface area contributed by atoms with E-state index in [2.05, 4.69) is 24.1 Å². The molecule has 0 spiro atoms. The number of nitrogen functional groups attached to an aromatic ring is 1. The van der Waals surface area contributed by atoms with Crippen molar-refractivity contribution < 1.29 is 4.74 Å². The standard InChI is InChI=1S/C15H25N3O/c1-3-10-19-14-12(16)6-7-13(18-14)17-11-15(4-2)8-5-9-15/h6-7H,3-5,8-11,16H2,1-2H3,(H,17,18). The van der Waals surface area contributed by atoms with E-state index in [1.165, 1.54) is 25.7 Å². The maximum absolute atomic E-state index is 5.86. The lowest BCUT2D eigenvalue weighted by atomic mass is 9.67. The molecule has 0 unspecified atom stereocenters. The average molecular weight is 263 g/mol. The molecular weight excluding hydrogens is 238 g/mol. The molecule has 0 aliphatic heterocycles. The minimum atomic E-state index is 0.480. The number of pyridine rings is 1. The van der Waals surface area contributed by atoms with Crippen LogP contribution in [0.5, 0.6) is 5.88 Å². The van der Waals surface area contributed by atoms with Crippen LogP contribution in [0.2, 0.25) is 0 Å². The second-order valence-electron chi connectivity index (χ2n) is 5.50. The normalized spacial score (nSPS) is 16.7. The monoisotopic (exact) mass is 263 g/mol. The van der Waals surface area contributed by atoms with Crippen LogP contribution in [0.1, 0.15) is 46.0 Å². The summed E-state index contributed by atoms with van der Waals surface area (Å²) >= 11 is 0. The number of aromatic nitrogens is 1. The van der Waals surface area contributed by atoms with Crippen molar-refractivity contribution in [2.75, 3.05) is 24.2 Å². The van der Waals surface area contributed by atoms with Crippen LogP contribution in [-0.4, -0.2) is 18.1 Å². The molecule has 3 N–H and O–H groups in total. The summed E-state index contributed by atoms with van der Waals surface area (Å²) in [4.78, 5) is 4.45. The summed E-state index contributed by atoms with van der Waals surface area (Å²) in [6.45, 7) is 5.99. The van der Waals surface area contributed by atoms with Gasteiger partial charge < -0.3 is 15.8 Å². The van der Waals surface area contributed by atoms with Crippen molar-refractivity contribution in [1.29, 1.82) is 0 Å². The van der Waals surface area contributed by atoms with Gasteiger partial charge in [-0.1, -0.05) is 20.3 Å². The fourth-order valence-corrected chi connectivity index (χ4v) is 2.47. The molecular formula is C15H25N3O. The molecule has 1 aromatic rings. The Morgan fingerprint density at radius 2 is 2.16 bits per heavy atom. The molecule has 0 amide bonds. The summed E-state index contributed by atoms with van der Waals surface area (Å²) < 4.78 is 5.55. The van der Waals surface area contributed by atoms with Crippen LogP contribution in [-0.2, 0) is 0 Å². The van der Waals surface area contributed by atoms with Crippen molar-refractivity contribution >= 4 is 11.5 Å². The van der Waals surface area contributed by atoms with Crippen molar-refractivity contribution in [1.82, 2.24) is 4.98 Å². The van der Waals surface area contributed by atoms with Crippen LogP contribution in [0.25, 0.3) is 0 Å². The van der Waals surface area contributed by atoms with Crippen LogP contribution in [0, 0.1) is 5.41 Å². The van der Waals surface area contributed by atoms with Crippen LogP contribution < -0.4 is 15.8 Å². The molecule has 0 saturated heterocycles. The molecule has 1 heterocycles. The van der Waals surface area contributed by atoms with Gasteiger partial charge in [-0.15, -0.1) is 0 Å². The third kappa shape index (κ3) is 3.31. The fourth-order valence-electron chi connectivity index (χ4n) is 2.47. The lowest BCUT2D eigenvalue weighted by Crippen LogP contribution is -2.36. The first-order chi connectivity index (χ1) is 9.19. The van der Waals surface area contributed by atoms with E-state index in [1.54, 1.807) is 0 Å². The van der Waals surface area contributed by atoms with Gasteiger partial charge in [0.2, 0.25) is 5.88 Å². The second kappa shape index (κ2) is 6.13. The zero-order valence-electron chi connectivity index (χ0n) is 12.0. The highest BCUT2D eigenvalue weighted by atomic mass is 16.5. The number of hydrogen-bond acceptors (Lipinski definition) is 4. The van der Waals surface area contributed by atoms with Gasteiger partial charge in [0, 0.05) is 6.54 Å². The Kier molecular flexibility index (Phi) is 4.51. The maximum Gasteiger partial charge on any atom is 0.239 e. The predicted molar refractivity (Wildman–Crippen MR) is 79.5 cm³/mol. The summed E-state index contributed by atoms with van der Waals surface area (Å²) in [5, 5.41) is 3.44. The van der Waals surface area contributed by atoms with Crippen molar-refractivity contribution in [3.05, 3.63) is 12.1 Å². The smallest absolute Gasteiger partial charge is 0.239 e. The lowest BCUT2D eigenvalue weighted by molar-refractivity contribution is 0.145. The molecule has 1 aliphatic carbocycles. The molecule has 106 valence electrons. The Labute approximate surface area is 115 Å². The van der Waals surface area contributed by atoms with Gasteiger partial charge in [0.05, 0.1) is 12.3 Å². The average Bonchev–Trinajstić information content (AvgIpc) is 2.38. The zero-order chi connectivity index (χ0) is 13.7. The molecule has 4 heteroatoms. The van der Waals surface area contributed by atoms with Crippen LogP contribution in [0.15, 0.2) is 12.1 Å². The van der Waals surface area contributed by atoms with Crippen LogP contribution in [0.3, 0.4) is 0 Å². The predicted octanol–water partition coefficient (Wildman–Crippen LogP) is 3.44. The number of nitrogens with one attached hydrogen (secondary N) is 1. The van der Waals surface area contributed by atoms with Gasteiger partial charge in [0.15, 0.2) is 0 Å². The number of nitrogens with zero attached hydrogens (tertiary/aromatic N) is 1. The van der Waals surface area contributed by atoms with Gasteiger partial charge >= 0.3 is 0 Å². The molecule has 0 bridgehead atoms. The summed E-state index contributed by atoms with van der Waals surface area (Å²) in [7, 11) is 0. The third-order valence-corrected chi connectivity index (χ3v) is 4.14. The minimum absolute atomic E-state index is 0.480. The van der Waals surface area contributed by atoms with Gasteiger partial charge in [-0.05, 0) is 43.2 Å². The Morgan fingerprint density at radius 1 is 1.37 bits per heavy atom. The number of anilines is 2. The molecule has 0 aromatic carbocycles. The first kappa shape index (κ1) is 14.0.